The van der Waals surface area contributed by atoms with Gasteiger partial charge in [0.15, 0.2) is 5.76 Å². The number of halogens is 1. The van der Waals surface area contributed by atoms with Crippen LogP contribution in [-0.4, -0.2) is 35.0 Å². The van der Waals surface area contributed by atoms with Crippen LogP contribution in [0.4, 0.5) is 5.69 Å². The summed E-state index contributed by atoms with van der Waals surface area (Å²) < 4.78 is 17.5. The van der Waals surface area contributed by atoms with E-state index in [0.717, 1.165) is 4.68 Å². The Labute approximate surface area is 208 Å². The molecule has 0 saturated heterocycles. The number of para-hydroxylation sites is 1. The van der Waals surface area contributed by atoms with Gasteiger partial charge in [-0.15, -0.1) is 0 Å². The van der Waals surface area contributed by atoms with E-state index in [0.29, 0.717) is 27.6 Å². The topological polar surface area (TPSA) is 122 Å². The van der Waals surface area contributed by atoms with Gasteiger partial charge in [-0.05, 0) is 36.4 Å². The number of fused-ring (bicyclic) bond motifs is 2. The standard InChI is InChI=1S/C25H17ClN4O6/c1-34-20-8-5-9-21-16(20)12-22(36-21)24-28-18-7-4-3-6-15(18)25(31)29(24)27-13-14-10-17(26)23(35-2)19(11-14)30(32)33/h3-13H,1-2H3. The minimum Gasteiger partial charge on any atom is -0.496 e. The number of benzene rings is 3. The number of hydrogen-bond donors (Lipinski definition) is 0. The Bertz CT molecular complexity index is 1740. The van der Waals surface area contributed by atoms with Gasteiger partial charge in [0.1, 0.15) is 11.3 Å². The second kappa shape index (κ2) is 9.16. The highest BCUT2D eigenvalue weighted by Gasteiger charge is 2.20. The maximum absolute atomic E-state index is 13.4. The molecule has 0 N–H and O–H groups in total. The summed E-state index contributed by atoms with van der Waals surface area (Å²) >= 11 is 6.17. The van der Waals surface area contributed by atoms with Gasteiger partial charge < -0.3 is 13.9 Å². The lowest BCUT2D eigenvalue weighted by Crippen LogP contribution is -2.20. The van der Waals surface area contributed by atoms with Crippen molar-refractivity contribution in [3.8, 4) is 23.1 Å². The molecule has 3 aromatic carbocycles. The predicted octanol–water partition coefficient (Wildman–Crippen LogP) is 5.27. The number of nitrogens with zero attached hydrogens (tertiary/aromatic N) is 4. The van der Waals surface area contributed by atoms with Crippen molar-refractivity contribution in [2.45, 2.75) is 0 Å². The number of methoxy groups -OCH3 is 2. The van der Waals surface area contributed by atoms with Crippen LogP contribution < -0.4 is 15.0 Å². The molecule has 36 heavy (non-hydrogen) atoms. The van der Waals surface area contributed by atoms with Crippen LogP contribution in [0.15, 0.2) is 75.0 Å². The molecule has 2 aromatic heterocycles. The molecule has 180 valence electrons. The van der Waals surface area contributed by atoms with Gasteiger partial charge in [0.05, 0.1) is 46.7 Å². The molecular formula is C25H17ClN4O6. The van der Waals surface area contributed by atoms with Gasteiger partial charge in [0.25, 0.3) is 5.56 Å². The average molecular weight is 505 g/mol. The first-order valence-electron chi connectivity index (χ1n) is 10.6. The summed E-state index contributed by atoms with van der Waals surface area (Å²) in [5, 5.41) is 16.9. The molecule has 0 aliphatic carbocycles. The van der Waals surface area contributed by atoms with Crippen LogP contribution in [0.1, 0.15) is 5.56 Å². The molecule has 0 amide bonds. The Balaban J connectivity index is 1.72. The van der Waals surface area contributed by atoms with E-state index in [1.807, 2.05) is 0 Å². The highest BCUT2D eigenvalue weighted by Crippen LogP contribution is 2.36. The van der Waals surface area contributed by atoms with Crippen molar-refractivity contribution in [2.75, 3.05) is 14.2 Å². The van der Waals surface area contributed by atoms with Crippen LogP contribution >= 0.6 is 11.6 Å². The highest BCUT2D eigenvalue weighted by atomic mass is 35.5. The predicted molar refractivity (Wildman–Crippen MR) is 135 cm³/mol. The lowest BCUT2D eigenvalue weighted by molar-refractivity contribution is -0.385. The molecule has 0 aliphatic rings. The van der Waals surface area contributed by atoms with Crippen molar-refractivity contribution in [3.63, 3.8) is 0 Å². The zero-order valence-corrected chi connectivity index (χ0v) is 19.7. The van der Waals surface area contributed by atoms with Gasteiger partial charge in [-0.3, -0.25) is 14.9 Å². The van der Waals surface area contributed by atoms with Crippen LogP contribution in [0.5, 0.6) is 11.5 Å². The second-order valence-corrected chi connectivity index (χ2v) is 8.02. The van der Waals surface area contributed by atoms with Crippen LogP contribution in [-0.2, 0) is 0 Å². The zero-order chi connectivity index (χ0) is 25.4. The van der Waals surface area contributed by atoms with Gasteiger partial charge in [0, 0.05) is 11.6 Å². The molecule has 5 aromatic rings. The molecule has 2 heterocycles. The maximum Gasteiger partial charge on any atom is 0.313 e. The first-order chi connectivity index (χ1) is 17.4. The SMILES string of the molecule is COc1c(Cl)cc(C=Nn2c(-c3cc4c(OC)cccc4o3)nc3ccccc3c2=O)cc1[N+](=O)[O-]. The monoisotopic (exact) mass is 504 g/mol. The van der Waals surface area contributed by atoms with Crippen LogP contribution in [0, 0.1) is 10.1 Å². The Morgan fingerprint density at radius 3 is 2.64 bits per heavy atom. The molecule has 5 rings (SSSR count). The van der Waals surface area contributed by atoms with E-state index in [-0.39, 0.29) is 33.6 Å². The van der Waals surface area contributed by atoms with E-state index in [1.165, 1.54) is 25.5 Å². The lowest BCUT2D eigenvalue weighted by Gasteiger charge is -2.08. The van der Waals surface area contributed by atoms with Crippen LogP contribution in [0.2, 0.25) is 5.02 Å². The van der Waals surface area contributed by atoms with Gasteiger partial charge >= 0.3 is 5.69 Å². The fourth-order valence-corrected chi connectivity index (χ4v) is 4.15. The molecule has 0 radical (unpaired) electrons. The van der Waals surface area contributed by atoms with Gasteiger partial charge in [0.2, 0.25) is 11.6 Å². The fourth-order valence-electron chi connectivity index (χ4n) is 3.85. The van der Waals surface area contributed by atoms with Gasteiger partial charge in [-0.25, -0.2) is 4.98 Å². The van der Waals surface area contributed by atoms with Crippen molar-refractivity contribution in [1.29, 1.82) is 0 Å². The summed E-state index contributed by atoms with van der Waals surface area (Å²) in [4.78, 5) is 28.9. The first-order valence-corrected chi connectivity index (χ1v) is 10.9. The molecule has 0 saturated carbocycles. The molecule has 0 atom stereocenters. The summed E-state index contributed by atoms with van der Waals surface area (Å²) in [5.41, 5.74) is 0.498. The third-order valence-corrected chi connectivity index (χ3v) is 5.77. The quantitative estimate of drug-likeness (QED) is 0.175. The summed E-state index contributed by atoms with van der Waals surface area (Å²) in [7, 11) is 2.84. The van der Waals surface area contributed by atoms with Crippen molar-refractivity contribution in [1.82, 2.24) is 9.66 Å². The van der Waals surface area contributed by atoms with E-state index < -0.39 is 10.5 Å². The smallest absolute Gasteiger partial charge is 0.313 e. The van der Waals surface area contributed by atoms with E-state index >= 15 is 0 Å². The highest BCUT2D eigenvalue weighted by molar-refractivity contribution is 6.32. The van der Waals surface area contributed by atoms with E-state index in [2.05, 4.69) is 10.1 Å². The van der Waals surface area contributed by atoms with E-state index in [9.17, 15) is 14.9 Å². The van der Waals surface area contributed by atoms with Gasteiger partial charge in [-0.2, -0.15) is 9.78 Å². The number of rotatable bonds is 6. The van der Waals surface area contributed by atoms with E-state index in [1.54, 1.807) is 55.6 Å². The molecule has 0 unspecified atom stereocenters. The Morgan fingerprint density at radius 1 is 1.08 bits per heavy atom. The number of hydrogen-bond acceptors (Lipinski definition) is 8. The van der Waals surface area contributed by atoms with Crippen molar-refractivity contribution in [3.05, 3.63) is 91.7 Å². The number of furan rings is 1. The van der Waals surface area contributed by atoms with Crippen molar-refractivity contribution < 1.29 is 18.8 Å². The van der Waals surface area contributed by atoms with Gasteiger partial charge in [-0.1, -0.05) is 29.8 Å². The molecule has 0 fully saturated rings. The zero-order valence-electron chi connectivity index (χ0n) is 19.0. The Morgan fingerprint density at radius 2 is 1.89 bits per heavy atom. The first kappa shape index (κ1) is 23.1. The third-order valence-electron chi connectivity index (χ3n) is 5.48. The Kier molecular flexibility index (Phi) is 5.87. The normalized spacial score (nSPS) is 11.4. The number of ether oxygens (including phenoxy) is 2. The third kappa shape index (κ3) is 3.93. The summed E-state index contributed by atoms with van der Waals surface area (Å²) in [6.07, 6.45) is 1.28. The van der Waals surface area contributed by atoms with Crippen LogP contribution in [0.3, 0.4) is 0 Å². The van der Waals surface area contributed by atoms with Crippen molar-refractivity contribution >= 4 is 45.4 Å². The fraction of sp³-hybridized carbons (Fsp3) is 0.0800. The number of aromatic nitrogens is 2. The molecule has 0 aliphatic heterocycles. The van der Waals surface area contributed by atoms with Crippen LogP contribution in [0.25, 0.3) is 33.5 Å². The number of nitro groups is 1. The molecule has 0 spiro atoms. The maximum atomic E-state index is 13.4. The summed E-state index contributed by atoms with van der Waals surface area (Å²) in [5.74, 6) is 0.955. The molecular weight excluding hydrogens is 488 g/mol. The van der Waals surface area contributed by atoms with Crippen molar-refractivity contribution in [2.24, 2.45) is 5.10 Å². The average Bonchev–Trinajstić information content (AvgIpc) is 3.32. The summed E-state index contributed by atoms with van der Waals surface area (Å²) in [6.45, 7) is 0. The minimum atomic E-state index is -0.612. The molecule has 11 heteroatoms. The number of nitro benzene ring substituents is 1. The minimum absolute atomic E-state index is 0.0294. The molecule has 10 nitrogen and oxygen atoms in total. The second-order valence-electron chi connectivity index (χ2n) is 7.61. The molecule has 0 bridgehead atoms. The Hall–Kier alpha value is -4.70. The lowest BCUT2D eigenvalue weighted by atomic mass is 10.2. The van der Waals surface area contributed by atoms with E-state index in [4.69, 9.17) is 25.5 Å². The summed E-state index contributed by atoms with van der Waals surface area (Å²) in [6, 6.07) is 16.6. The largest absolute Gasteiger partial charge is 0.496 e.